The summed E-state index contributed by atoms with van der Waals surface area (Å²) in [5.41, 5.74) is 4.01. The Morgan fingerprint density at radius 1 is 0.868 bits per heavy atom. The van der Waals surface area contributed by atoms with Crippen LogP contribution in [-0.4, -0.2) is 62.4 Å². The van der Waals surface area contributed by atoms with Crippen LogP contribution in [0.25, 0.3) is 16.5 Å². The molecule has 3 aliphatic carbocycles. The molecule has 0 amide bonds. The lowest BCUT2D eigenvalue weighted by atomic mass is 9.40. The topological polar surface area (TPSA) is 83.9 Å². The highest BCUT2D eigenvalue weighted by Gasteiger charge is 2.66. The van der Waals surface area contributed by atoms with Gasteiger partial charge in [0.05, 0.1) is 23.4 Å². The predicted octanol–water partition coefficient (Wildman–Crippen LogP) is 11.3. The molecule has 0 radical (unpaired) electrons. The molecule has 0 saturated heterocycles. The Labute approximate surface area is 324 Å². The first-order valence-corrected chi connectivity index (χ1v) is 26.5. The monoisotopic (exact) mass is 766 g/mol. The van der Waals surface area contributed by atoms with E-state index in [0.29, 0.717) is 12.5 Å². The molecule has 53 heavy (non-hydrogen) atoms. The van der Waals surface area contributed by atoms with Gasteiger partial charge in [0.25, 0.3) is 0 Å². The van der Waals surface area contributed by atoms with Gasteiger partial charge in [0.1, 0.15) is 0 Å². The molecule has 8 heteroatoms. The summed E-state index contributed by atoms with van der Waals surface area (Å²) in [7, 11) is -4.14. The number of benzene rings is 1. The third-order valence-electron chi connectivity index (χ3n) is 16.5. The largest absolute Gasteiger partial charge is 0.416 e. The van der Waals surface area contributed by atoms with Crippen LogP contribution in [0.15, 0.2) is 24.3 Å². The van der Waals surface area contributed by atoms with Gasteiger partial charge in [-0.3, -0.25) is 0 Å². The lowest BCUT2D eigenvalue weighted by Gasteiger charge is -2.67. The predicted molar refractivity (Wildman–Crippen MR) is 225 cm³/mol. The zero-order valence-corrected chi connectivity index (χ0v) is 38.6. The minimum Gasteiger partial charge on any atom is -0.416 e. The van der Waals surface area contributed by atoms with Crippen molar-refractivity contribution in [3.05, 3.63) is 41.1 Å². The summed E-state index contributed by atoms with van der Waals surface area (Å²) in [4.78, 5) is 3.95. The molecule has 1 aliphatic heterocycles. The van der Waals surface area contributed by atoms with Gasteiger partial charge in [0, 0.05) is 46.6 Å². The number of aromatic nitrogens is 1. The van der Waals surface area contributed by atoms with Gasteiger partial charge < -0.3 is 28.8 Å². The van der Waals surface area contributed by atoms with Crippen LogP contribution >= 0.6 is 0 Å². The molecule has 1 aromatic heterocycles. The molecule has 0 bridgehead atoms. The molecule has 0 spiro atoms. The molecule has 2 heterocycles. The Bertz CT molecular complexity index is 1760. The molecule has 6 nitrogen and oxygen atoms in total. The molecule has 8 atom stereocenters. The average Bonchev–Trinajstić information content (AvgIpc) is 3.54. The summed E-state index contributed by atoms with van der Waals surface area (Å²) in [5, 5.41) is 24.4. The first-order chi connectivity index (χ1) is 24.0. The van der Waals surface area contributed by atoms with E-state index >= 15 is 0 Å². The number of fused-ring (bicyclic) bond motifs is 5. The molecule has 2 aromatic rings. The molecule has 6 rings (SSSR count). The maximum atomic E-state index is 11.8. The Hall–Kier alpha value is -1.27. The second-order valence-corrected chi connectivity index (χ2v) is 32.2. The Morgan fingerprint density at radius 3 is 2.08 bits per heavy atom. The molecule has 2 saturated carbocycles. The van der Waals surface area contributed by atoms with Gasteiger partial charge in [0.2, 0.25) is 0 Å². The lowest BCUT2D eigenvalue weighted by Crippen LogP contribution is -2.66. The molecule has 3 N–H and O–H groups in total. The number of aliphatic hydroxyl groups excluding tert-OH is 2. The normalized spacial score (nSPS) is 35.8. The van der Waals surface area contributed by atoms with Crippen molar-refractivity contribution < 1.29 is 23.8 Å². The Morgan fingerprint density at radius 2 is 1.49 bits per heavy atom. The van der Waals surface area contributed by atoms with Crippen LogP contribution in [0.3, 0.4) is 0 Å². The highest BCUT2D eigenvalue weighted by Crippen LogP contribution is 2.68. The van der Waals surface area contributed by atoms with Gasteiger partial charge in [-0.2, -0.15) is 0 Å². The van der Waals surface area contributed by atoms with Gasteiger partial charge in [0.15, 0.2) is 16.6 Å². The number of aliphatic hydroxyl groups is 2. The summed E-state index contributed by atoms with van der Waals surface area (Å²) in [6.45, 7) is 40.4. The number of hydrogen-bond donors (Lipinski definition) is 3. The molecule has 4 aliphatic rings. The van der Waals surface area contributed by atoms with Crippen LogP contribution in [0.4, 0.5) is 0 Å². The van der Waals surface area contributed by atoms with E-state index < -0.39 is 33.9 Å². The van der Waals surface area contributed by atoms with Gasteiger partial charge in [-0.1, -0.05) is 62.3 Å². The standard InChI is InChI=1S/C45H75NO5Si2/c1-39(2,3)52(14,15)49-27-43(11)34-19-18-29(26-47)45(13,44(34,12)21-20-36(43)50-53(16,17)40(4,5)6)35-23-28-22-30-31(24-33(28)46-35)38(48)37-32(30)25-41(7,8)51-42(37,9)10/h22-25,29,34,36-38,46-48H,18-21,26-27H2,1-17H3/t29-,34-,36-,37+,38+,43-,44-,45+/m0/s1. The van der Waals surface area contributed by atoms with Crippen molar-refractivity contribution >= 4 is 33.1 Å². The third kappa shape index (κ3) is 6.35. The quantitative estimate of drug-likeness (QED) is 0.245. The first-order valence-electron chi connectivity index (χ1n) is 20.7. The van der Waals surface area contributed by atoms with E-state index in [9.17, 15) is 10.2 Å². The van der Waals surface area contributed by atoms with Crippen LogP contribution < -0.4 is 0 Å². The molecule has 1 aromatic carbocycles. The summed E-state index contributed by atoms with van der Waals surface area (Å²) in [6.07, 6.45) is 5.73. The summed E-state index contributed by atoms with van der Waals surface area (Å²) in [6, 6.07) is 6.88. The van der Waals surface area contributed by atoms with Gasteiger partial charge in [-0.25, -0.2) is 0 Å². The fraction of sp³-hybridized carbons (Fsp3) is 0.778. The van der Waals surface area contributed by atoms with E-state index in [2.05, 4.69) is 145 Å². The summed E-state index contributed by atoms with van der Waals surface area (Å²) in [5.74, 6) is 0.342. The Balaban J connectivity index is 1.46. The zero-order chi connectivity index (χ0) is 39.8. The first kappa shape index (κ1) is 41.4. The van der Waals surface area contributed by atoms with Crippen LogP contribution in [-0.2, 0) is 19.0 Å². The molecule has 2 fully saturated rings. The van der Waals surface area contributed by atoms with E-state index in [1.165, 1.54) is 11.3 Å². The van der Waals surface area contributed by atoms with Gasteiger partial charge in [-0.15, -0.1) is 0 Å². The third-order valence-corrected chi connectivity index (χ3v) is 25.4. The van der Waals surface area contributed by atoms with Crippen LogP contribution in [0.2, 0.25) is 36.3 Å². The maximum absolute atomic E-state index is 11.8. The number of nitrogens with one attached hydrogen (secondary N) is 1. The average molecular weight is 766 g/mol. The van der Waals surface area contributed by atoms with Crippen molar-refractivity contribution in [3.8, 4) is 0 Å². The fourth-order valence-electron chi connectivity index (χ4n) is 11.1. The highest BCUT2D eigenvalue weighted by atomic mass is 28.4. The van der Waals surface area contributed by atoms with Crippen molar-refractivity contribution in [2.45, 2.75) is 181 Å². The SMILES string of the molecule is CC1(C)C=C2c3cc4cc([C@@]5(C)[C@H](CO)CC[C@H]6[C@](C)(CO[Si](C)(C)C(C)(C)C)[C@@H](O[Si](C)(C)C(C)(C)C)CC[C@@]65C)[nH]c4cc3[C@@H](O)[C@@H]2C(C)(C)O1. The van der Waals surface area contributed by atoms with Crippen molar-refractivity contribution in [3.63, 3.8) is 0 Å². The van der Waals surface area contributed by atoms with Gasteiger partial charge in [-0.05, 0) is 148 Å². The van der Waals surface area contributed by atoms with E-state index in [0.717, 1.165) is 47.7 Å². The second-order valence-electron chi connectivity index (χ2n) is 22.6. The smallest absolute Gasteiger partial charge is 0.192 e. The molecular formula is C45H75NO5Si2. The Kier molecular flexibility index (Phi) is 9.85. The van der Waals surface area contributed by atoms with Crippen LogP contribution in [0, 0.1) is 28.6 Å². The molecular weight excluding hydrogens is 691 g/mol. The molecule has 298 valence electrons. The van der Waals surface area contributed by atoms with E-state index in [1.807, 2.05) is 0 Å². The maximum Gasteiger partial charge on any atom is 0.192 e. The second kappa shape index (κ2) is 12.6. The number of ether oxygens (including phenoxy) is 1. The minimum atomic E-state index is -2.08. The minimum absolute atomic E-state index is 0.110. The van der Waals surface area contributed by atoms with Crippen molar-refractivity contribution in [1.82, 2.24) is 4.98 Å². The summed E-state index contributed by atoms with van der Waals surface area (Å²) < 4.78 is 21.2. The van der Waals surface area contributed by atoms with E-state index in [4.69, 9.17) is 13.6 Å². The van der Waals surface area contributed by atoms with Crippen molar-refractivity contribution in [2.75, 3.05) is 13.2 Å². The lowest BCUT2D eigenvalue weighted by molar-refractivity contribution is -0.178. The number of H-pyrrole nitrogens is 1. The van der Waals surface area contributed by atoms with Crippen molar-refractivity contribution in [2.24, 2.45) is 28.6 Å². The highest BCUT2D eigenvalue weighted by molar-refractivity contribution is 6.74. The number of aromatic amines is 1. The number of rotatable bonds is 7. The van der Waals surface area contributed by atoms with Crippen LogP contribution in [0.1, 0.15) is 139 Å². The van der Waals surface area contributed by atoms with Gasteiger partial charge >= 0.3 is 0 Å². The van der Waals surface area contributed by atoms with E-state index in [-0.39, 0.29) is 50.9 Å². The fourth-order valence-corrected chi connectivity index (χ4v) is 13.7. The molecule has 0 unspecified atom stereocenters. The van der Waals surface area contributed by atoms with Crippen molar-refractivity contribution in [1.29, 1.82) is 0 Å². The number of hydrogen-bond acceptors (Lipinski definition) is 5. The zero-order valence-electron chi connectivity index (χ0n) is 36.6. The van der Waals surface area contributed by atoms with E-state index in [1.54, 1.807) is 0 Å². The van der Waals surface area contributed by atoms with Crippen LogP contribution in [0.5, 0.6) is 0 Å². The summed E-state index contributed by atoms with van der Waals surface area (Å²) >= 11 is 0.